The van der Waals surface area contributed by atoms with E-state index in [0.717, 1.165) is 24.3 Å². The van der Waals surface area contributed by atoms with E-state index in [-0.39, 0.29) is 17.8 Å². The highest BCUT2D eigenvalue weighted by atomic mass is 32.2. The van der Waals surface area contributed by atoms with Crippen LogP contribution in [0.2, 0.25) is 0 Å². The minimum atomic E-state index is -5.05. The van der Waals surface area contributed by atoms with Crippen molar-refractivity contribution in [2.24, 2.45) is 10.7 Å². The molecule has 2 heterocycles. The third-order valence-corrected chi connectivity index (χ3v) is 5.29. The Balaban J connectivity index is 1.76. The van der Waals surface area contributed by atoms with Crippen LogP contribution in [0.4, 0.5) is 23.2 Å². The van der Waals surface area contributed by atoms with Crippen molar-refractivity contribution in [2.75, 3.05) is 38.2 Å². The lowest BCUT2D eigenvalue weighted by Crippen LogP contribution is -2.41. The molecule has 15 heteroatoms. The summed E-state index contributed by atoms with van der Waals surface area (Å²) in [7, 11) is 0. The molecule has 1 aromatic heterocycles. The van der Waals surface area contributed by atoms with Crippen LogP contribution in [0.5, 0.6) is 5.75 Å². The molecule has 0 radical (unpaired) electrons. The molecule has 10 nitrogen and oxygen atoms in total. The zero-order valence-corrected chi connectivity index (χ0v) is 19.3. The highest BCUT2D eigenvalue weighted by Gasteiger charge is 2.32. The number of halogens is 4. The van der Waals surface area contributed by atoms with Crippen molar-refractivity contribution in [3.05, 3.63) is 53.6 Å². The van der Waals surface area contributed by atoms with Gasteiger partial charge in [-0.05, 0) is 42.1 Å². The molecular formula is C21H20F4N6O4S. The maximum atomic E-state index is 13.8. The second-order valence-corrected chi connectivity index (χ2v) is 8.25. The Hall–Kier alpha value is -3.56. The molecule has 0 unspecified atom stereocenters. The van der Waals surface area contributed by atoms with Crippen LogP contribution < -0.4 is 15.8 Å². The molecule has 192 valence electrons. The van der Waals surface area contributed by atoms with Crippen LogP contribution in [0.15, 0.2) is 41.5 Å². The van der Waals surface area contributed by atoms with Crippen molar-refractivity contribution >= 4 is 39.5 Å². The van der Waals surface area contributed by atoms with Gasteiger partial charge in [-0.2, -0.15) is 4.99 Å². The summed E-state index contributed by atoms with van der Waals surface area (Å²) in [4.78, 5) is 34.0. The van der Waals surface area contributed by atoms with Crippen LogP contribution in [0.25, 0.3) is 0 Å². The number of aromatic nitrogens is 1. The zero-order valence-electron chi connectivity index (χ0n) is 18.5. The lowest BCUT2D eigenvalue weighted by molar-refractivity contribution is -0.274. The first-order chi connectivity index (χ1) is 17.0. The monoisotopic (exact) mass is 528 g/mol. The maximum absolute atomic E-state index is 13.8. The van der Waals surface area contributed by atoms with Gasteiger partial charge in [0.1, 0.15) is 10.7 Å². The summed E-state index contributed by atoms with van der Waals surface area (Å²) in [5.41, 5.74) is 4.76. The van der Waals surface area contributed by atoms with Crippen LogP contribution in [-0.4, -0.2) is 71.1 Å². The number of benzene rings is 1. The van der Waals surface area contributed by atoms with E-state index in [1.54, 1.807) is 4.90 Å². The minimum Gasteiger partial charge on any atom is -0.404 e. The first-order valence-corrected chi connectivity index (χ1v) is 11.1. The first-order valence-electron chi connectivity index (χ1n) is 10.3. The summed E-state index contributed by atoms with van der Waals surface area (Å²) >= 11 is 0.464. The summed E-state index contributed by atoms with van der Waals surface area (Å²) in [6.07, 6.45) is -3.78. The molecule has 1 saturated heterocycles. The van der Waals surface area contributed by atoms with E-state index in [9.17, 15) is 27.2 Å². The van der Waals surface area contributed by atoms with Crippen molar-refractivity contribution in [1.29, 1.82) is 5.41 Å². The van der Waals surface area contributed by atoms with Gasteiger partial charge in [0, 0.05) is 24.8 Å². The fourth-order valence-electron chi connectivity index (χ4n) is 3.02. The van der Waals surface area contributed by atoms with Crippen molar-refractivity contribution in [1.82, 2.24) is 9.88 Å². The number of thioether (sulfide) groups is 1. The summed E-state index contributed by atoms with van der Waals surface area (Å²) in [5, 5.41) is 9.37. The molecule has 36 heavy (non-hydrogen) atoms. The van der Waals surface area contributed by atoms with E-state index in [0.29, 0.717) is 38.1 Å². The van der Waals surface area contributed by atoms with Gasteiger partial charge < -0.3 is 20.5 Å². The molecular weight excluding hydrogens is 508 g/mol. The molecule has 2 aromatic rings. The fourth-order valence-corrected chi connectivity index (χ4v) is 3.60. The number of amides is 2. The van der Waals surface area contributed by atoms with Crippen LogP contribution in [-0.2, 0) is 9.53 Å². The molecule has 2 amide bonds. The van der Waals surface area contributed by atoms with Crippen LogP contribution in [0.1, 0.15) is 16.1 Å². The van der Waals surface area contributed by atoms with E-state index >= 15 is 0 Å². The van der Waals surface area contributed by atoms with Crippen LogP contribution in [0.3, 0.4) is 0 Å². The van der Waals surface area contributed by atoms with Crippen molar-refractivity contribution in [3.63, 3.8) is 0 Å². The number of nitrogens with two attached hydrogens (primary N) is 1. The standard InChI is InChI=1S/C21H20F4N6O4S/c22-13-2-1-5-28-17(13)18(26)36-20(27)30-19(33)12-3-4-15(35-21(23,24)25)14(10-12)29-16(32)11-31-6-8-34-9-7-31/h1-5,10,26H,6-9,11H2,(H,29,32)(H2,27,30,33). The van der Waals surface area contributed by atoms with Crippen LogP contribution in [0, 0.1) is 11.2 Å². The molecule has 1 aromatic carbocycles. The number of hydrogen-bond donors (Lipinski definition) is 3. The fraction of sp³-hybridized carbons (Fsp3) is 0.286. The highest BCUT2D eigenvalue weighted by molar-refractivity contribution is 8.26. The number of nitrogens with one attached hydrogen (secondary N) is 2. The predicted octanol–water partition coefficient (Wildman–Crippen LogP) is 2.60. The van der Waals surface area contributed by atoms with E-state index < -0.39 is 45.6 Å². The number of pyridine rings is 1. The topological polar surface area (TPSA) is 143 Å². The number of carbonyl (C=O) groups excluding carboxylic acids is 2. The molecule has 0 bridgehead atoms. The number of carbonyl (C=O) groups is 2. The maximum Gasteiger partial charge on any atom is 0.573 e. The van der Waals surface area contributed by atoms with Gasteiger partial charge in [-0.25, -0.2) is 4.39 Å². The molecule has 4 N–H and O–H groups in total. The SMILES string of the molecule is N=C(SC(N)=NC(=O)c1ccc(OC(F)(F)F)c(NC(=O)CN2CCOCC2)c1)c1ncccc1F. The molecule has 0 saturated carbocycles. The minimum absolute atomic E-state index is 0.110. The van der Waals surface area contributed by atoms with Gasteiger partial charge in [-0.3, -0.25) is 24.9 Å². The molecule has 0 spiro atoms. The summed E-state index contributed by atoms with van der Waals surface area (Å²) in [5.74, 6) is -3.10. The van der Waals surface area contributed by atoms with Crippen molar-refractivity contribution < 1.29 is 36.6 Å². The molecule has 1 aliphatic rings. The number of anilines is 1. The second kappa shape index (κ2) is 11.9. The molecule has 3 rings (SSSR count). The Labute approximate surface area is 206 Å². The number of amidine groups is 1. The largest absolute Gasteiger partial charge is 0.573 e. The predicted molar refractivity (Wildman–Crippen MR) is 124 cm³/mol. The smallest absolute Gasteiger partial charge is 0.404 e. The summed E-state index contributed by atoms with van der Waals surface area (Å²) in [6.45, 7) is 1.67. The Morgan fingerprint density at radius 1 is 1.28 bits per heavy atom. The van der Waals surface area contributed by atoms with E-state index in [1.807, 2.05) is 0 Å². The van der Waals surface area contributed by atoms with Gasteiger partial charge in [-0.15, -0.1) is 13.2 Å². The van der Waals surface area contributed by atoms with Gasteiger partial charge >= 0.3 is 6.36 Å². The van der Waals surface area contributed by atoms with Gasteiger partial charge in [-0.1, -0.05) is 0 Å². The number of aliphatic imine (C=N–C) groups is 1. The summed E-state index contributed by atoms with van der Waals surface area (Å²) in [6, 6.07) is 5.25. The lowest BCUT2D eigenvalue weighted by atomic mass is 10.1. The van der Waals surface area contributed by atoms with Crippen molar-refractivity contribution in [2.45, 2.75) is 6.36 Å². The zero-order chi connectivity index (χ0) is 26.3. The summed E-state index contributed by atoms with van der Waals surface area (Å²) < 4.78 is 61.4. The third-order valence-electron chi connectivity index (χ3n) is 4.59. The average Bonchev–Trinajstić information content (AvgIpc) is 2.80. The number of rotatable bonds is 6. The number of hydrogen-bond acceptors (Lipinski definition) is 8. The van der Waals surface area contributed by atoms with Gasteiger partial charge in [0.25, 0.3) is 5.91 Å². The van der Waals surface area contributed by atoms with E-state index in [2.05, 4.69) is 20.0 Å². The highest BCUT2D eigenvalue weighted by Crippen LogP contribution is 2.31. The van der Waals surface area contributed by atoms with E-state index in [1.165, 1.54) is 12.3 Å². The third kappa shape index (κ3) is 8.00. The molecule has 1 aliphatic heterocycles. The number of morpholine rings is 1. The van der Waals surface area contributed by atoms with Gasteiger partial charge in [0.2, 0.25) is 5.91 Å². The Morgan fingerprint density at radius 2 is 2.00 bits per heavy atom. The molecule has 1 fully saturated rings. The Bertz CT molecular complexity index is 1170. The number of alkyl halides is 3. The normalized spacial score (nSPS) is 14.8. The van der Waals surface area contributed by atoms with E-state index in [4.69, 9.17) is 15.9 Å². The van der Waals surface area contributed by atoms with Crippen LogP contribution >= 0.6 is 11.8 Å². The number of ether oxygens (including phenoxy) is 2. The molecule has 0 aliphatic carbocycles. The second-order valence-electron chi connectivity index (χ2n) is 7.22. The quantitative estimate of drug-likeness (QED) is 0.295. The van der Waals surface area contributed by atoms with Gasteiger partial charge in [0.15, 0.2) is 16.7 Å². The average molecular weight is 528 g/mol. The molecule has 0 atom stereocenters. The van der Waals surface area contributed by atoms with Gasteiger partial charge in [0.05, 0.1) is 25.4 Å². The number of nitrogens with zero attached hydrogens (tertiary/aromatic N) is 3. The van der Waals surface area contributed by atoms with Crippen molar-refractivity contribution in [3.8, 4) is 5.75 Å². The Kier molecular flexibility index (Phi) is 8.95. The Morgan fingerprint density at radius 3 is 2.67 bits per heavy atom. The first kappa shape index (κ1) is 27.0. The lowest BCUT2D eigenvalue weighted by Gasteiger charge is -2.26.